The fourth-order valence-electron chi connectivity index (χ4n) is 2.42. The van der Waals surface area contributed by atoms with Gasteiger partial charge in [0.15, 0.2) is 6.10 Å². The van der Waals surface area contributed by atoms with Crippen molar-refractivity contribution in [3.63, 3.8) is 0 Å². The van der Waals surface area contributed by atoms with Crippen LogP contribution < -0.4 is 63.9 Å². The van der Waals surface area contributed by atoms with Crippen LogP contribution in [0.5, 0.6) is 5.75 Å². The van der Waals surface area contributed by atoms with Crippen molar-refractivity contribution < 1.29 is 98.2 Å². The molecule has 2 aromatic rings. The molecule has 0 saturated heterocycles. The maximum atomic E-state index is 11.2. The van der Waals surface area contributed by atoms with Gasteiger partial charge in [-0.15, -0.1) is 0 Å². The summed E-state index contributed by atoms with van der Waals surface area (Å²) in [6, 6.07) is 11.7. The first-order chi connectivity index (χ1) is 15.0. The molecular formula is C17H12N2Na2O9S4. The minimum absolute atomic E-state index is 0. The molecule has 0 aromatic heterocycles. The summed E-state index contributed by atoms with van der Waals surface area (Å²) in [5, 5.41) is 4.35. The Morgan fingerprint density at radius 1 is 0.824 bits per heavy atom. The van der Waals surface area contributed by atoms with Gasteiger partial charge in [0.1, 0.15) is 11.9 Å². The van der Waals surface area contributed by atoms with Crippen LogP contribution in [0.3, 0.4) is 0 Å². The van der Waals surface area contributed by atoms with E-state index in [0.717, 1.165) is 0 Å². The molecule has 0 saturated carbocycles. The third-order valence-electron chi connectivity index (χ3n) is 3.63. The van der Waals surface area contributed by atoms with E-state index in [9.17, 15) is 25.9 Å². The van der Waals surface area contributed by atoms with E-state index in [4.69, 9.17) is 4.74 Å². The van der Waals surface area contributed by atoms with Crippen LogP contribution in [0.15, 0.2) is 58.5 Å². The molecule has 0 aliphatic heterocycles. The first-order valence-electron chi connectivity index (χ1n) is 8.27. The average molecular weight is 563 g/mol. The maximum absolute atomic E-state index is 11.2. The third-order valence-corrected chi connectivity index (χ3v) is 4.72. The predicted octanol–water partition coefficient (Wildman–Crippen LogP) is -3.39. The van der Waals surface area contributed by atoms with Crippen LogP contribution >= 0.6 is 24.4 Å². The standard InChI is InChI=1S/C17H14N2O9S4.2Na/c20-31(21,22)26-9-16(28-32(23,24)25)17(12-1-3-13(4-2-12)18-10-29)27-15-7-5-14(6-8-15)19-11-30;;/h1-8,16-17H,9H2,(H,20,21,22)(H,23,24,25);;/q;2*+1/p-2/t16-,17-;;/m1../s1. The SMILES string of the molecule is O=S(=O)([O-])OC[C@@H](OS(=O)(=O)[O-])[C@H](Oc1ccc(N=C=S)cc1)c1ccc(N=C=S)cc1.[Na+].[Na+]. The Morgan fingerprint density at radius 2 is 1.29 bits per heavy atom. The number of rotatable bonds is 11. The molecule has 34 heavy (non-hydrogen) atoms. The summed E-state index contributed by atoms with van der Waals surface area (Å²) < 4.78 is 80.6. The fraction of sp³-hybridized carbons (Fsp3) is 0.176. The molecule has 0 fully saturated rings. The van der Waals surface area contributed by atoms with E-state index >= 15 is 0 Å². The summed E-state index contributed by atoms with van der Waals surface area (Å²) >= 11 is 9.04. The molecule has 0 aliphatic carbocycles. The van der Waals surface area contributed by atoms with Gasteiger partial charge in [0.2, 0.25) is 20.8 Å². The van der Waals surface area contributed by atoms with Crippen molar-refractivity contribution in [1.29, 1.82) is 0 Å². The largest absolute Gasteiger partial charge is 1.00 e. The molecule has 0 heterocycles. The third kappa shape index (κ3) is 12.5. The van der Waals surface area contributed by atoms with Gasteiger partial charge in [0, 0.05) is 0 Å². The number of nitrogens with zero attached hydrogens (tertiary/aromatic N) is 2. The summed E-state index contributed by atoms with van der Waals surface area (Å²) in [6.07, 6.45) is -3.26. The van der Waals surface area contributed by atoms with Gasteiger partial charge in [-0.25, -0.2) is 16.8 Å². The molecule has 2 rings (SSSR count). The van der Waals surface area contributed by atoms with E-state index in [1.807, 2.05) is 0 Å². The quantitative estimate of drug-likeness (QED) is 0.0881. The van der Waals surface area contributed by atoms with Crippen LogP contribution in [-0.4, -0.2) is 49.0 Å². The van der Waals surface area contributed by atoms with Gasteiger partial charge in [0.05, 0.1) is 28.3 Å². The van der Waals surface area contributed by atoms with Gasteiger partial charge in [-0.1, -0.05) is 12.1 Å². The Morgan fingerprint density at radius 3 is 1.71 bits per heavy atom. The normalized spacial score (nSPS) is 12.5. The Labute approximate surface area is 251 Å². The van der Waals surface area contributed by atoms with E-state index in [-0.39, 0.29) is 70.4 Å². The minimum Gasteiger partial charge on any atom is -0.726 e. The van der Waals surface area contributed by atoms with Crippen LogP contribution in [-0.2, 0) is 29.2 Å². The van der Waals surface area contributed by atoms with Gasteiger partial charge in [0.25, 0.3) is 0 Å². The number of hydrogen-bond donors (Lipinski definition) is 0. The number of isothiocyanates is 2. The number of ether oxygens (including phenoxy) is 1. The average Bonchev–Trinajstić information content (AvgIpc) is 2.70. The van der Waals surface area contributed by atoms with E-state index < -0.39 is 39.6 Å². The van der Waals surface area contributed by atoms with Crippen LogP contribution in [0.25, 0.3) is 0 Å². The van der Waals surface area contributed by atoms with E-state index in [1.165, 1.54) is 48.5 Å². The maximum Gasteiger partial charge on any atom is 1.00 e. The number of hydrogen-bond acceptors (Lipinski definition) is 13. The van der Waals surface area contributed by atoms with Crippen molar-refractivity contribution in [3.05, 3.63) is 54.1 Å². The molecule has 0 radical (unpaired) electrons. The van der Waals surface area contributed by atoms with Crippen LogP contribution in [0.1, 0.15) is 11.7 Å². The Bertz CT molecular complexity index is 1240. The zero-order valence-electron chi connectivity index (χ0n) is 17.7. The molecule has 0 N–H and O–H groups in total. The summed E-state index contributed by atoms with van der Waals surface area (Å²) in [6.45, 7) is -1.12. The summed E-state index contributed by atoms with van der Waals surface area (Å²) in [5.41, 5.74) is 1.08. The summed E-state index contributed by atoms with van der Waals surface area (Å²) in [4.78, 5) is 7.54. The Hall–Kier alpha value is -0.420. The molecule has 0 aliphatic rings. The first-order valence-corrected chi connectivity index (χ1v) is 11.8. The number of thiocarbonyl (C=S) groups is 2. The molecule has 11 nitrogen and oxygen atoms in total. The zero-order chi connectivity index (χ0) is 23.8. The van der Waals surface area contributed by atoms with E-state index in [1.54, 1.807) is 0 Å². The topological polar surface area (TPSA) is 167 Å². The molecule has 0 spiro atoms. The van der Waals surface area contributed by atoms with Crippen molar-refractivity contribution in [2.24, 2.45) is 9.98 Å². The van der Waals surface area contributed by atoms with Crippen molar-refractivity contribution in [2.75, 3.05) is 6.61 Å². The van der Waals surface area contributed by atoms with Crippen LogP contribution in [0.4, 0.5) is 11.4 Å². The molecule has 0 unspecified atom stereocenters. The minimum atomic E-state index is -5.35. The second kappa shape index (κ2) is 15.6. The van der Waals surface area contributed by atoms with Gasteiger partial charge >= 0.3 is 59.1 Å². The molecule has 2 atom stereocenters. The second-order valence-corrected chi connectivity index (χ2v) is 8.19. The van der Waals surface area contributed by atoms with Crippen molar-refractivity contribution in [2.45, 2.75) is 12.2 Å². The van der Waals surface area contributed by atoms with Gasteiger partial charge in [-0.05, 0) is 66.4 Å². The predicted molar refractivity (Wildman–Crippen MR) is 116 cm³/mol. The Balaban J connectivity index is 0.00000544. The van der Waals surface area contributed by atoms with Crippen molar-refractivity contribution in [1.82, 2.24) is 0 Å². The smallest absolute Gasteiger partial charge is 0.726 e. The van der Waals surface area contributed by atoms with Gasteiger partial charge < -0.3 is 13.8 Å². The Kier molecular flexibility index (Phi) is 15.4. The van der Waals surface area contributed by atoms with E-state index in [2.05, 4.69) is 53.1 Å². The molecule has 17 heteroatoms. The zero-order valence-corrected chi connectivity index (χ0v) is 24.9. The van der Waals surface area contributed by atoms with Crippen molar-refractivity contribution in [3.8, 4) is 5.75 Å². The molecule has 0 amide bonds. The molecular weight excluding hydrogens is 550 g/mol. The van der Waals surface area contributed by atoms with Gasteiger partial charge in [-0.2, -0.15) is 9.98 Å². The van der Waals surface area contributed by atoms with Crippen LogP contribution in [0, 0.1) is 0 Å². The number of aliphatic imine (C=N–C) groups is 2. The van der Waals surface area contributed by atoms with Crippen molar-refractivity contribution >= 4 is 66.9 Å². The summed E-state index contributed by atoms with van der Waals surface area (Å²) in [5.74, 6) is 0.154. The first kappa shape index (κ1) is 33.6. The fourth-order valence-corrected chi connectivity index (χ4v) is 3.39. The molecule has 2 aromatic carbocycles. The molecule has 0 bridgehead atoms. The monoisotopic (exact) mass is 562 g/mol. The van der Waals surface area contributed by atoms with E-state index in [0.29, 0.717) is 11.4 Å². The number of benzene rings is 2. The summed E-state index contributed by atoms with van der Waals surface area (Å²) in [7, 11) is -10.6. The molecule has 170 valence electrons. The van der Waals surface area contributed by atoms with Gasteiger partial charge in [-0.3, -0.25) is 8.37 Å². The van der Waals surface area contributed by atoms with Crippen LogP contribution in [0.2, 0.25) is 0 Å². The second-order valence-electron chi connectivity index (χ2n) is 5.77.